The number of hydrogen-bond donors (Lipinski definition) is 1. The number of carbonyl (C=O) groups is 1. The van der Waals surface area contributed by atoms with Gasteiger partial charge in [-0.3, -0.25) is 4.79 Å². The number of benzene rings is 1. The van der Waals surface area contributed by atoms with Gasteiger partial charge in [0.15, 0.2) is 17.3 Å². The molecule has 1 aromatic heterocycles. The van der Waals surface area contributed by atoms with E-state index in [1.165, 1.54) is 25.7 Å². The van der Waals surface area contributed by atoms with Crippen LogP contribution in [0.5, 0.6) is 11.5 Å². The van der Waals surface area contributed by atoms with Crippen LogP contribution in [0.2, 0.25) is 0 Å². The maximum absolute atomic E-state index is 12.0. The van der Waals surface area contributed by atoms with Crippen LogP contribution in [0.15, 0.2) is 28.8 Å². The molecule has 1 saturated carbocycles. The van der Waals surface area contributed by atoms with E-state index in [9.17, 15) is 4.79 Å². The Hall–Kier alpha value is -2.54. The number of aromatic nitrogens is 1. The molecule has 0 spiro atoms. The second kappa shape index (κ2) is 8.43. The van der Waals surface area contributed by atoms with Crippen molar-refractivity contribution in [2.45, 2.75) is 51.2 Å². The summed E-state index contributed by atoms with van der Waals surface area (Å²) in [5.41, 5.74) is 1.49. The maximum Gasteiger partial charge on any atom is 0.246 e. The van der Waals surface area contributed by atoms with Crippen LogP contribution < -0.4 is 14.8 Å². The van der Waals surface area contributed by atoms with E-state index in [0.717, 1.165) is 24.2 Å². The largest absolute Gasteiger partial charge is 0.454 e. The molecule has 2 aromatic rings. The Kier molecular flexibility index (Phi) is 5.58. The molecule has 1 aliphatic carbocycles. The third-order valence-corrected chi connectivity index (χ3v) is 4.92. The summed E-state index contributed by atoms with van der Waals surface area (Å²) >= 11 is 0. The molecular formula is C20H24N2O5. The summed E-state index contributed by atoms with van der Waals surface area (Å²) < 4.78 is 21.6. The van der Waals surface area contributed by atoms with Crippen LogP contribution in [0.1, 0.15) is 44.2 Å². The van der Waals surface area contributed by atoms with Gasteiger partial charge in [0.25, 0.3) is 0 Å². The van der Waals surface area contributed by atoms with E-state index >= 15 is 0 Å². The Morgan fingerprint density at radius 3 is 2.78 bits per heavy atom. The quantitative estimate of drug-likeness (QED) is 0.783. The number of ether oxygens (including phenoxy) is 3. The summed E-state index contributed by atoms with van der Waals surface area (Å²) in [6.45, 7) is 0.492. The molecule has 1 amide bonds. The first-order chi connectivity index (χ1) is 13.3. The standard InChI is InChI=1S/C20H24N2O5/c23-20(21-15-5-3-1-2-4-6-15)12-24-11-16-10-18(27-22-16)14-7-8-17-19(9-14)26-13-25-17/h7-10,15H,1-6,11-13H2,(H,21,23). The Balaban J connectivity index is 1.25. The number of fused-ring (bicyclic) bond motifs is 1. The van der Waals surface area contributed by atoms with Crippen molar-refractivity contribution in [3.63, 3.8) is 0 Å². The fourth-order valence-corrected chi connectivity index (χ4v) is 3.51. The molecule has 1 aromatic carbocycles. The number of hydrogen-bond acceptors (Lipinski definition) is 6. The van der Waals surface area contributed by atoms with Crippen LogP contribution in [0.25, 0.3) is 11.3 Å². The van der Waals surface area contributed by atoms with Crippen LogP contribution in [-0.4, -0.2) is 30.5 Å². The summed E-state index contributed by atoms with van der Waals surface area (Å²) in [6, 6.07) is 7.68. The molecule has 27 heavy (non-hydrogen) atoms. The molecule has 7 nitrogen and oxygen atoms in total. The van der Waals surface area contributed by atoms with E-state index in [1.54, 1.807) is 6.07 Å². The highest BCUT2D eigenvalue weighted by Crippen LogP contribution is 2.36. The average Bonchev–Trinajstić information content (AvgIpc) is 3.26. The van der Waals surface area contributed by atoms with E-state index < -0.39 is 0 Å². The van der Waals surface area contributed by atoms with Crippen LogP contribution in [0.4, 0.5) is 0 Å². The number of rotatable bonds is 6. The minimum atomic E-state index is -0.0682. The van der Waals surface area contributed by atoms with Gasteiger partial charge in [0, 0.05) is 17.7 Å². The lowest BCUT2D eigenvalue weighted by molar-refractivity contribution is -0.127. The second-order valence-electron chi connectivity index (χ2n) is 7.00. The van der Waals surface area contributed by atoms with Crippen LogP contribution >= 0.6 is 0 Å². The summed E-state index contributed by atoms with van der Waals surface area (Å²) in [6.07, 6.45) is 7.03. The van der Waals surface area contributed by atoms with E-state index in [-0.39, 0.29) is 32.0 Å². The molecule has 4 rings (SSSR count). The Morgan fingerprint density at radius 2 is 1.93 bits per heavy atom. The van der Waals surface area contributed by atoms with E-state index in [0.29, 0.717) is 17.2 Å². The van der Waals surface area contributed by atoms with Crippen LogP contribution in [0.3, 0.4) is 0 Å². The van der Waals surface area contributed by atoms with Gasteiger partial charge in [-0.1, -0.05) is 30.8 Å². The fraction of sp³-hybridized carbons (Fsp3) is 0.500. The van der Waals surface area contributed by atoms with Gasteiger partial charge in [-0.2, -0.15) is 0 Å². The molecule has 0 radical (unpaired) electrons. The Bertz CT molecular complexity index is 780. The van der Waals surface area contributed by atoms with Gasteiger partial charge in [-0.15, -0.1) is 0 Å². The monoisotopic (exact) mass is 372 g/mol. The van der Waals surface area contributed by atoms with Gasteiger partial charge >= 0.3 is 0 Å². The molecule has 0 unspecified atom stereocenters. The third kappa shape index (κ3) is 4.60. The average molecular weight is 372 g/mol. The minimum Gasteiger partial charge on any atom is -0.454 e. The van der Waals surface area contributed by atoms with Crippen LogP contribution in [-0.2, 0) is 16.1 Å². The lowest BCUT2D eigenvalue weighted by Crippen LogP contribution is -2.36. The molecule has 7 heteroatoms. The Morgan fingerprint density at radius 1 is 1.11 bits per heavy atom. The first kappa shape index (κ1) is 17.9. The van der Waals surface area contributed by atoms with Crippen LogP contribution in [0, 0.1) is 0 Å². The Labute approximate surface area is 158 Å². The van der Waals surface area contributed by atoms with Gasteiger partial charge in [-0.05, 0) is 31.0 Å². The van der Waals surface area contributed by atoms with Crippen molar-refractivity contribution in [3.8, 4) is 22.8 Å². The fourth-order valence-electron chi connectivity index (χ4n) is 3.51. The molecule has 1 N–H and O–H groups in total. The van der Waals surface area contributed by atoms with Crippen molar-refractivity contribution < 1.29 is 23.5 Å². The van der Waals surface area contributed by atoms with Crippen molar-refractivity contribution in [3.05, 3.63) is 30.0 Å². The van der Waals surface area contributed by atoms with Crippen molar-refractivity contribution >= 4 is 5.91 Å². The van der Waals surface area contributed by atoms with Gasteiger partial charge in [0.05, 0.1) is 6.61 Å². The van der Waals surface area contributed by atoms with E-state index in [1.807, 2.05) is 18.2 Å². The van der Waals surface area contributed by atoms with Gasteiger partial charge < -0.3 is 24.1 Å². The predicted molar refractivity (Wildman–Crippen MR) is 97.4 cm³/mol. The lowest BCUT2D eigenvalue weighted by Gasteiger charge is -2.15. The minimum absolute atomic E-state index is 0.0305. The first-order valence-corrected chi connectivity index (χ1v) is 9.51. The zero-order chi connectivity index (χ0) is 18.5. The highest BCUT2D eigenvalue weighted by molar-refractivity contribution is 5.77. The number of carbonyl (C=O) groups excluding carboxylic acids is 1. The number of nitrogens with one attached hydrogen (secondary N) is 1. The summed E-state index contributed by atoms with van der Waals surface area (Å²) in [4.78, 5) is 12.0. The highest BCUT2D eigenvalue weighted by Gasteiger charge is 2.17. The predicted octanol–water partition coefficient (Wildman–Crippen LogP) is 3.43. The van der Waals surface area contributed by atoms with E-state index in [4.69, 9.17) is 18.7 Å². The SMILES string of the molecule is O=C(COCc1cc(-c2ccc3c(c2)OCO3)on1)NC1CCCCCC1. The topological polar surface area (TPSA) is 82.8 Å². The molecular weight excluding hydrogens is 348 g/mol. The molecule has 0 saturated heterocycles. The second-order valence-corrected chi connectivity index (χ2v) is 7.00. The van der Waals surface area contributed by atoms with Crippen molar-refractivity contribution in [1.82, 2.24) is 10.5 Å². The van der Waals surface area contributed by atoms with Gasteiger partial charge in [-0.25, -0.2) is 0 Å². The summed E-state index contributed by atoms with van der Waals surface area (Å²) in [5, 5.41) is 7.07. The first-order valence-electron chi connectivity index (χ1n) is 9.51. The molecule has 0 bridgehead atoms. The maximum atomic E-state index is 12.0. The van der Waals surface area contributed by atoms with E-state index in [2.05, 4.69) is 10.5 Å². The number of amides is 1. The van der Waals surface area contributed by atoms with Gasteiger partial charge in [0.1, 0.15) is 12.3 Å². The smallest absolute Gasteiger partial charge is 0.246 e. The highest BCUT2D eigenvalue weighted by atomic mass is 16.7. The zero-order valence-corrected chi connectivity index (χ0v) is 15.2. The summed E-state index contributed by atoms with van der Waals surface area (Å²) in [5.74, 6) is 1.97. The third-order valence-electron chi connectivity index (χ3n) is 4.92. The molecule has 2 heterocycles. The van der Waals surface area contributed by atoms with Crippen molar-refractivity contribution in [2.75, 3.05) is 13.4 Å². The lowest BCUT2D eigenvalue weighted by atomic mass is 10.1. The van der Waals surface area contributed by atoms with Gasteiger partial charge in [0.2, 0.25) is 12.7 Å². The molecule has 0 atom stereocenters. The molecule has 1 fully saturated rings. The molecule has 2 aliphatic rings. The zero-order valence-electron chi connectivity index (χ0n) is 15.2. The molecule has 144 valence electrons. The van der Waals surface area contributed by atoms with Crippen molar-refractivity contribution in [2.24, 2.45) is 0 Å². The number of nitrogens with zero attached hydrogens (tertiary/aromatic N) is 1. The molecule has 1 aliphatic heterocycles. The summed E-state index contributed by atoms with van der Waals surface area (Å²) in [7, 11) is 0. The van der Waals surface area contributed by atoms with Crippen molar-refractivity contribution in [1.29, 1.82) is 0 Å². The normalized spacial score (nSPS) is 16.9.